The summed E-state index contributed by atoms with van der Waals surface area (Å²) in [4.78, 5) is 12.6. The van der Waals surface area contributed by atoms with Crippen LogP contribution in [-0.2, 0) is 4.79 Å². The summed E-state index contributed by atoms with van der Waals surface area (Å²) in [5.41, 5.74) is 2.20. The van der Waals surface area contributed by atoms with Gasteiger partial charge in [-0.15, -0.1) is 5.10 Å². The lowest BCUT2D eigenvalue weighted by atomic mass is 10.1. The van der Waals surface area contributed by atoms with E-state index in [0.717, 1.165) is 17.7 Å². The molecule has 1 amide bonds. The number of rotatable bonds is 5. The van der Waals surface area contributed by atoms with Gasteiger partial charge >= 0.3 is 0 Å². The molecule has 0 spiro atoms. The zero-order valence-corrected chi connectivity index (χ0v) is 11.8. The largest absolute Gasteiger partial charge is 0.357 e. The number of amides is 1. The van der Waals surface area contributed by atoms with E-state index in [1.165, 1.54) is 6.92 Å². The van der Waals surface area contributed by atoms with Crippen molar-refractivity contribution in [2.24, 2.45) is 0 Å². The fourth-order valence-electron chi connectivity index (χ4n) is 1.68. The average molecular weight is 261 g/mol. The number of aryl methyl sites for hydroxylation is 1. The highest BCUT2D eigenvalue weighted by molar-refractivity contribution is 5.72. The van der Waals surface area contributed by atoms with Crippen molar-refractivity contribution >= 4 is 11.7 Å². The third kappa shape index (κ3) is 3.91. The van der Waals surface area contributed by atoms with Crippen molar-refractivity contribution < 1.29 is 4.79 Å². The van der Waals surface area contributed by atoms with Crippen LogP contribution in [0.15, 0.2) is 0 Å². The number of hydrogen-bond donors (Lipinski definition) is 1. The monoisotopic (exact) mass is 261 g/mol. The first-order valence-electron chi connectivity index (χ1n) is 6.17. The normalized spacial score (nSPS) is 9.84. The molecule has 0 radical (unpaired) electrons. The Labute approximate surface area is 113 Å². The highest BCUT2D eigenvalue weighted by Gasteiger charge is 2.14. The van der Waals surface area contributed by atoms with Crippen LogP contribution >= 0.6 is 0 Å². The van der Waals surface area contributed by atoms with Crippen molar-refractivity contribution in [1.82, 2.24) is 15.5 Å². The molecular weight excluding hydrogens is 242 g/mol. The number of aromatic nitrogens is 2. The Kier molecular flexibility index (Phi) is 5.24. The zero-order chi connectivity index (χ0) is 14.4. The molecule has 6 heteroatoms. The Morgan fingerprint density at radius 3 is 2.68 bits per heavy atom. The van der Waals surface area contributed by atoms with Crippen LogP contribution < -0.4 is 10.2 Å². The Bertz CT molecular complexity index is 506. The molecule has 1 aromatic rings. The number of nitrogens with zero attached hydrogens (tertiary/aromatic N) is 4. The van der Waals surface area contributed by atoms with E-state index in [4.69, 9.17) is 0 Å². The van der Waals surface area contributed by atoms with E-state index in [-0.39, 0.29) is 5.91 Å². The molecule has 0 saturated carbocycles. The van der Waals surface area contributed by atoms with Gasteiger partial charge in [0.1, 0.15) is 11.6 Å². The summed E-state index contributed by atoms with van der Waals surface area (Å²) in [5, 5.41) is 20.1. The third-order valence-corrected chi connectivity index (χ3v) is 2.95. The Balaban J connectivity index is 2.72. The maximum Gasteiger partial charge on any atom is 0.216 e. The topological polar surface area (TPSA) is 81.9 Å². The summed E-state index contributed by atoms with van der Waals surface area (Å²) >= 11 is 0. The van der Waals surface area contributed by atoms with Crippen molar-refractivity contribution in [2.45, 2.75) is 27.2 Å². The average Bonchev–Trinajstić information content (AvgIpc) is 2.37. The van der Waals surface area contributed by atoms with Crippen LogP contribution in [-0.4, -0.2) is 36.2 Å². The van der Waals surface area contributed by atoms with Gasteiger partial charge in [-0.2, -0.15) is 10.4 Å². The molecule has 0 bridgehead atoms. The quantitative estimate of drug-likeness (QED) is 0.797. The fourth-order valence-corrected chi connectivity index (χ4v) is 1.68. The minimum absolute atomic E-state index is 0.0358. The van der Waals surface area contributed by atoms with Gasteiger partial charge < -0.3 is 10.2 Å². The molecule has 0 aliphatic heterocycles. The predicted molar refractivity (Wildman–Crippen MR) is 72.8 cm³/mol. The molecule has 1 aromatic heterocycles. The van der Waals surface area contributed by atoms with E-state index in [0.29, 0.717) is 24.5 Å². The smallest absolute Gasteiger partial charge is 0.216 e. The van der Waals surface area contributed by atoms with Crippen molar-refractivity contribution in [3.63, 3.8) is 0 Å². The second-order valence-electron chi connectivity index (χ2n) is 4.48. The van der Waals surface area contributed by atoms with Crippen LogP contribution in [0, 0.1) is 25.2 Å². The number of nitriles is 1. The molecular formula is C13H19N5O. The third-order valence-electron chi connectivity index (χ3n) is 2.95. The van der Waals surface area contributed by atoms with Crippen molar-refractivity contribution in [1.29, 1.82) is 5.26 Å². The molecule has 0 fully saturated rings. The van der Waals surface area contributed by atoms with Gasteiger partial charge in [-0.3, -0.25) is 4.79 Å². The Hall–Kier alpha value is -2.16. The number of anilines is 1. The fraction of sp³-hybridized carbons (Fsp3) is 0.538. The highest BCUT2D eigenvalue weighted by Crippen LogP contribution is 2.20. The first-order chi connectivity index (χ1) is 8.97. The molecule has 0 unspecified atom stereocenters. The van der Waals surface area contributed by atoms with Gasteiger partial charge in [-0.05, 0) is 25.8 Å². The lowest BCUT2D eigenvalue weighted by Crippen LogP contribution is -2.27. The van der Waals surface area contributed by atoms with Gasteiger partial charge in [0.15, 0.2) is 5.82 Å². The van der Waals surface area contributed by atoms with Crippen LogP contribution in [0.1, 0.15) is 30.2 Å². The van der Waals surface area contributed by atoms with E-state index in [1.807, 2.05) is 25.8 Å². The van der Waals surface area contributed by atoms with E-state index in [2.05, 4.69) is 21.6 Å². The van der Waals surface area contributed by atoms with E-state index in [1.54, 1.807) is 0 Å². The summed E-state index contributed by atoms with van der Waals surface area (Å²) in [6.07, 6.45) is 0.787. The first kappa shape index (κ1) is 14.9. The van der Waals surface area contributed by atoms with E-state index >= 15 is 0 Å². The second kappa shape index (κ2) is 6.69. The molecule has 1 heterocycles. The van der Waals surface area contributed by atoms with Crippen LogP contribution in [0.25, 0.3) is 0 Å². The van der Waals surface area contributed by atoms with Crippen molar-refractivity contribution in [3.05, 3.63) is 16.8 Å². The summed E-state index contributed by atoms with van der Waals surface area (Å²) < 4.78 is 0. The maximum atomic E-state index is 10.8. The molecule has 1 N–H and O–H groups in total. The molecule has 102 valence electrons. The van der Waals surface area contributed by atoms with Gasteiger partial charge in [0.25, 0.3) is 0 Å². The SMILES string of the molecule is CC(=O)NCCCN(C)c1nnc(C)c(C)c1C#N. The Morgan fingerprint density at radius 1 is 1.42 bits per heavy atom. The van der Waals surface area contributed by atoms with Gasteiger partial charge in [-0.25, -0.2) is 0 Å². The van der Waals surface area contributed by atoms with Crippen LogP contribution in [0.5, 0.6) is 0 Å². The lowest BCUT2D eigenvalue weighted by Gasteiger charge is -2.19. The van der Waals surface area contributed by atoms with Gasteiger partial charge in [-0.1, -0.05) is 0 Å². The van der Waals surface area contributed by atoms with Crippen LogP contribution in [0.4, 0.5) is 5.82 Å². The number of carbonyl (C=O) groups is 1. The minimum Gasteiger partial charge on any atom is -0.357 e. The molecule has 19 heavy (non-hydrogen) atoms. The molecule has 1 rings (SSSR count). The van der Waals surface area contributed by atoms with Crippen LogP contribution in [0.2, 0.25) is 0 Å². The zero-order valence-electron chi connectivity index (χ0n) is 11.8. The molecule has 0 aromatic carbocycles. The molecule has 0 atom stereocenters. The van der Waals surface area contributed by atoms with Gasteiger partial charge in [0, 0.05) is 27.1 Å². The minimum atomic E-state index is -0.0358. The first-order valence-corrected chi connectivity index (χ1v) is 6.17. The summed E-state index contributed by atoms with van der Waals surface area (Å²) in [6, 6.07) is 2.18. The second-order valence-corrected chi connectivity index (χ2v) is 4.48. The van der Waals surface area contributed by atoms with E-state index in [9.17, 15) is 10.1 Å². The van der Waals surface area contributed by atoms with Crippen LogP contribution in [0.3, 0.4) is 0 Å². The maximum absolute atomic E-state index is 10.8. The number of nitrogens with one attached hydrogen (secondary N) is 1. The van der Waals surface area contributed by atoms with Crippen molar-refractivity contribution in [2.75, 3.05) is 25.0 Å². The summed E-state index contributed by atoms with van der Waals surface area (Å²) in [7, 11) is 1.87. The summed E-state index contributed by atoms with van der Waals surface area (Å²) in [6.45, 7) is 6.51. The highest BCUT2D eigenvalue weighted by atomic mass is 16.1. The van der Waals surface area contributed by atoms with Gasteiger partial charge in [0.2, 0.25) is 5.91 Å². The molecule has 0 saturated heterocycles. The predicted octanol–water partition coefficient (Wildman–Crippen LogP) is 0.928. The number of carbonyl (C=O) groups excluding carboxylic acids is 1. The molecule has 6 nitrogen and oxygen atoms in total. The lowest BCUT2D eigenvalue weighted by molar-refractivity contribution is -0.118. The van der Waals surface area contributed by atoms with Crippen molar-refractivity contribution in [3.8, 4) is 6.07 Å². The Morgan fingerprint density at radius 2 is 2.11 bits per heavy atom. The standard InChI is InChI=1S/C13H19N5O/c1-9-10(2)16-17-13(12(9)8-14)18(4)7-5-6-15-11(3)19/h5-7H2,1-4H3,(H,15,19). The molecule has 0 aliphatic rings. The van der Waals surface area contributed by atoms with Gasteiger partial charge in [0.05, 0.1) is 5.69 Å². The molecule has 0 aliphatic carbocycles. The summed E-state index contributed by atoms with van der Waals surface area (Å²) in [5.74, 6) is 0.555. The number of hydrogen-bond acceptors (Lipinski definition) is 5. The van der Waals surface area contributed by atoms with E-state index < -0.39 is 0 Å².